The second-order valence-electron chi connectivity index (χ2n) is 5.60. The molecule has 5 heteroatoms. The van der Waals surface area contributed by atoms with Crippen LogP contribution < -0.4 is 22.5 Å². The Morgan fingerprint density at radius 2 is 1.91 bits per heavy atom. The standard InChI is InChI=1S/C18H24N2O2.ClH/c1-21-18-7-6-15-4-2-3-5-16(15)17(18)14-19-8-9-20-10-12-22-13-11-20;/h2-7,19H,8-14H2,1H3;1H/p-1. The molecule has 0 radical (unpaired) electrons. The van der Waals surface area contributed by atoms with Gasteiger partial charge in [-0.2, -0.15) is 0 Å². The second-order valence-corrected chi connectivity index (χ2v) is 5.60. The van der Waals surface area contributed by atoms with Gasteiger partial charge in [0.1, 0.15) is 5.75 Å². The van der Waals surface area contributed by atoms with Crippen molar-refractivity contribution in [2.45, 2.75) is 6.54 Å². The molecule has 4 nitrogen and oxygen atoms in total. The first-order chi connectivity index (χ1) is 10.9. The summed E-state index contributed by atoms with van der Waals surface area (Å²) in [6.45, 7) is 6.67. The van der Waals surface area contributed by atoms with Gasteiger partial charge >= 0.3 is 0 Å². The first-order valence-electron chi connectivity index (χ1n) is 7.94. The van der Waals surface area contributed by atoms with Crippen LogP contribution in [0.15, 0.2) is 36.4 Å². The van der Waals surface area contributed by atoms with Crippen molar-refractivity contribution in [2.75, 3.05) is 46.5 Å². The van der Waals surface area contributed by atoms with Gasteiger partial charge in [0.2, 0.25) is 0 Å². The lowest BCUT2D eigenvalue weighted by Crippen LogP contribution is -3.00. The first-order valence-corrected chi connectivity index (χ1v) is 7.94. The molecule has 2 aromatic carbocycles. The Kier molecular flexibility index (Phi) is 7.12. The van der Waals surface area contributed by atoms with E-state index in [2.05, 4.69) is 46.6 Å². The number of hydrogen-bond acceptors (Lipinski definition) is 4. The molecule has 1 aliphatic rings. The van der Waals surface area contributed by atoms with E-state index in [1.165, 1.54) is 16.3 Å². The van der Waals surface area contributed by atoms with Crippen molar-refractivity contribution in [3.8, 4) is 5.75 Å². The zero-order chi connectivity index (χ0) is 15.2. The second kappa shape index (κ2) is 9.08. The Bertz CT molecular complexity index is 615. The van der Waals surface area contributed by atoms with Crippen molar-refractivity contribution < 1.29 is 21.9 Å². The molecular formula is C18H24ClN2O2-. The summed E-state index contributed by atoms with van der Waals surface area (Å²) in [7, 11) is 1.74. The molecule has 1 heterocycles. The van der Waals surface area contributed by atoms with Crippen LogP contribution in [0.25, 0.3) is 10.8 Å². The van der Waals surface area contributed by atoms with Crippen LogP contribution in [0.2, 0.25) is 0 Å². The van der Waals surface area contributed by atoms with Crippen LogP contribution in [0.4, 0.5) is 0 Å². The van der Waals surface area contributed by atoms with Crippen molar-refractivity contribution in [3.63, 3.8) is 0 Å². The van der Waals surface area contributed by atoms with Crippen molar-refractivity contribution >= 4 is 10.8 Å². The molecule has 0 saturated carbocycles. The number of hydrogen-bond donors (Lipinski definition) is 1. The Morgan fingerprint density at radius 3 is 2.70 bits per heavy atom. The molecule has 0 atom stereocenters. The third-order valence-electron chi connectivity index (χ3n) is 4.23. The number of nitrogens with one attached hydrogen (secondary N) is 1. The summed E-state index contributed by atoms with van der Waals surface area (Å²) >= 11 is 0. The quantitative estimate of drug-likeness (QED) is 0.706. The number of rotatable bonds is 6. The topological polar surface area (TPSA) is 33.7 Å². The van der Waals surface area contributed by atoms with E-state index in [1.54, 1.807) is 7.11 Å². The number of halogens is 1. The van der Waals surface area contributed by atoms with Gasteiger partial charge < -0.3 is 27.2 Å². The van der Waals surface area contributed by atoms with E-state index in [9.17, 15) is 0 Å². The number of methoxy groups -OCH3 is 1. The number of ether oxygens (including phenoxy) is 2. The Balaban J connectivity index is 0.00000192. The van der Waals surface area contributed by atoms with Gasteiger partial charge in [-0.15, -0.1) is 0 Å². The van der Waals surface area contributed by atoms with Crippen LogP contribution in [-0.4, -0.2) is 51.4 Å². The average molecular weight is 336 g/mol. The molecule has 0 aliphatic carbocycles. The van der Waals surface area contributed by atoms with Crippen LogP contribution in [0, 0.1) is 0 Å². The minimum Gasteiger partial charge on any atom is -1.00 e. The van der Waals surface area contributed by atoms with Crippen LogP contribution in [0.3, 0.4) is 0 Å². The van der Waals surface area contributed by atoms with E-state index in [0.29, 0.717) is 0 Å². The third kappa shape index (κ3) is 4.58. The highest BCUT2D eigenvalue weighted by atomic mass is 35.5. The molecule has 0 unspecified atom stereocenters. The summed E-state index contributed by atoms with van der Waals surface area (Å²) in [6.07, 6.45) is 0. The molecule has 0 bridgehead atoms. The van der Waals surface area contributed by atoms with Gasteiger partial charge in [0.15, 0.2) is 0 Å². The minimum atomic E-state index is 0. The van der Waals surface area contributed by atoms with E-state index in [0.717, 1.165) is 51.7 Å². The molecule has 3 rings (SSSR count). The first kappa shape index (κ1) is 18.0. The Morgan fingerprint density at radius 1 is 1.13 bits per heavy atom. The number of benzene rings is 2. The van der Waals surface area contributed by atoms with Crippen molar-refractivity contribution in [1.29, 1.82) is 0 Å². The molecule has 1 saturated heterocycles. The maximum Gasteiger partial charge on any atom is 0.123 e. The van der Waals surface area contributed by atoms with Crippen molar-refractivity contribution in [1.82, 2.24) is 10.2 Å². The summed E-state index contributed by atoms with van der Waals surface area (Å²) < 4.78 is 10.9. The molecular weight excluding hydrogens is 312 g/mol. The fraction of sp³-hybridized carbons (Fsp3) is 0.444. The van der Waals surface area contributed by atoms with Crippen LogP contribution in [-0.2, 0) is 11.3 Å². The third-order valence-corrected chi connectivity index (χ3v) is 4.23. The minimum absolute atomic E-state index is 0. The van der Waals surface area contributed by atoms with Crippen LogP contribution >= 0.6 is 0 Å². The predicted molar refractivity (Wildman–Crippen MR) is 89.5 cm³/mol. The maximum atomic E-state index is 5.53. The average Bonchev–Trinajstić information content (AvgIpc) is 2.59. The lowest BCUT2D eigenvalue weighted by Gasteiger charge is -2.26. The fourth-order valence-electron chi connectivity index (χ4n) is 2.96. The van der Waals surface area contributed by atoms with E-state index in [4.69, 9.17) is 9.47 Å². The molecule has 0 aromatic heterocycles. The van der Waals surface area contributed by atoms with E-state index >= 15 is 0 Å². The number of fused-ring (bicyclic) bond motifs is 1. The van der Waals surface area contributed by atoms with Crippen LogP contribution in [0.1, 0.15) is 5.56 Å². The van der Waals surface area contributed by atoms with Gasteiger partial charge in [0, 0.05) is 38.3 Å². The zero-order valence-electron chi connectivity index (χ0n) is 13.6. The molecule has 1 aliphatic heterocycles. The molecule has 0 spiro atoms. The molecule has 23 heavy (non-hydrogen) atoms. The lowest BCUT2D eigenvalue weighted by molar-refractivity contribution is -0.00000635. The van der Waals surface area contributed by atoms with Gasteiger partial charge in [0.25, 0.3) is 0 Å². The van der Waals surface area contributed by atoms with Gasteiger partial charge in [-0.1, -0.05) is 30.3 Å². The molecule has 1 N–H and O–H groups in total. The van der Waals surface area contributed by atoms with Gasteiger partial charge in [-0.05, 0) is 16.8 Å². The highest BCUT2D eigenvalue weighted by molar-refractivity contribution is 5.87. The highest BCUT2D eigenvalue weighted by Gasteiger charge is 2.10. The maximum absolute atomic E-state index is 5.53. The molecule has 126 valence electrons. The van der Waals surface area contributed by atoms with Gasteiger partial charge in [-0.3, -0.25) is 4.90 Å². The highest BCUT2D eigenvalue weighted by Crippen LogP contribution is 2.27. The van der Waals surface area contributed by atoms with E-state index < -0.39 is 0 Å². The summed E-state index contributed by atoms with van der Waals surface area (Å²) in [5.74, 6) is 0.956. The summed E-state index contributed by atoms with van der Waals surface area (Å²) in [6, 6.07) is 12.6. The van der Waals surface area contributed by atoms with E-state index in [-0.39, 0.29) is 12.4 Å². The zero-order valence-corrected chi connectivity index (χ0v) is 14.3. The SMILES string of the molecule is COc1ccc2ccccc2c1CNCCN1CCOCC1.[Cl-]. The summed E-state index contributed by atoms with van der Waals surface area (Å²) in [5.41, 5.74) is 1.24. The summed E-state index contributed by atoms with van der Waals surface area (Å²) in [5, 5.41) is 6.08. The predicted octanol–water partition coefficient (Wildman–Crippen LogP) is -0.726. The van der Waals surface area contributed by atoms with Gasteiger partial charge in [-0.25, -0.2) is 0 Å². The van der Waals surface area contributed by atoms with Crippen molar-refractivity contribution in [3.05, 3.63) is 42.0 Å². The summed E-state index contributed by atoms with van der Waals surface area (Å²) in [4.78, 5) is 2.44. The lowest BCUT2D eigenvalue weighted by atomic mass is 10.0. The van der Waals surface area contributed by atoms with E-state index in [1.807, 2.05) is 0 Å². The molecule has 1 fully saturated rings. The number of nitrogens with zero attached hydrogens (tertiary/aromatic N) is 1. The Hall–Kier alpha value is -1.33. The molecule has 2 aromatic rings. The smallest absolute Gasteiger partial charge is 0.123 e. The van der Waals surface area contributed by atoms with Crippen LogP contribution in [0.5, 0.6) is 5.75 Å². The number of morpholine rings is 1. The normalized spacial score (nSPS) is 15.3. The molecule has 0 amide bonds. The largest absolute Gasteiger partial charge is 1.00 e. The van der Waals surface area contributed by atoms with Gasteiger partial charge in [0.05, 0.1) is 20.3 Å². The van der Waals surface area contributed by atoms with Crippen molar-refractivity contribution in [2.24, 2.45) is 0 Å². The monoisotopic (exact) mass is 335 g/mol. The fourth-order valence-corrected chi connectivity index (χ4v) is 2.96. The Labute approximate surface area is 144 Å².